The highest BCUT2D eigenvalue weighted by Gasteiger charge is 2.18. The quantitative estimate of drug-likeness (QED) is 0.349. The van der Waals surface area contributed by atoms with Crippen molar-refractivity contribution in [2.75, 3.05) is 13.7 Å². The van der Waals surface area contributed by atoms with Crippen LogP contribution in [0.5, 0.6) is 5.75 Å². The lowest BCUT2D eigenvalue weighted by molar-refractivity contribution is 0.0982. The van der Waals surface area contributed by atoms with Gasteiger partial charge in [0.15, 0.2) is 5.78 Å². The van der Waals surface area contributed by atoms with E-state index >= 15 is 0 Å². The van der Waals surface area contributed by atoms with Gasteiger partial charge in [-0.1, -0.05) is 32.0 Å². The standard InChI is InChI=1S/C14H19N3O2/c1-14(2,3)10-5-6-13(19-4)11(9-10)12(18)7-8-16-17-15/h5-6,9H,7-8H2,1-4H3. The molecule has 0 saturated carbocycles. The van der Waals surface area contributed by atoms with E-state index in [0.29, 0.717) is 11.3 Å². The van der Waals surface area contributed by atoms with Gasteiger partial charge < -0.3 is 4.74 Å². The third kappa shape index (κ3) is 4.00. The van der Waals surface area contributed by atoms with Crippen LogP contribution in [0, 0.1) is 0 Å². The van der Waals surface area contributed by atoms with Gasteiger partial charge in [0.1, 0.15) is 5.75 Å². The molecule has 0 aromatic heterocycles. The van der Waals surface area contributed by atoms with Crippen molar-refractivity contribution < 1.29 is 9.53 Å². The van der Waals surface area contributed by atoms with Gasteiger partial charge in [-0.15, -0.1) is 0 Å². The van der Waals surface area contributed by atoms with Crippen LogP contribution in [0.15, 0.2) is 23.3 Å². The summed E-state index contributed by atoms with van der Waals surface area (Å²) in [6.45, 7) is 6.42. The molecule has 0 heterocycles. The second-order valence-electron chi connectivity index (χ2n) is 5.29. The molecule has 102 valence electrons. The Labute approximate surface area is 113 Å². The predicted octanol–water partition coefficient (Wildman–Crippen LogP) is 3.88. The first-order chi connectivity index (χ1) is 8.90. The van der Waals surface area contributed by atoms with Gasteiger partial charge in [0.05, 0.1) is 12.7 Å². The third-order valence-corrected chi connectivity index (χ3v) is 2.87. The summed E-state index contributed by atoms with van der Waals surface area (Å²) < 4.78 is 5.22. The van der Waals surface area contributed by atoms with Crippen LogP contribution in [0.3, 0.4) is 0 Å². The van der Waals surface area contributed by atoms with E-state index in [1.54, 1.807) is 6.07 Å². The first-order valence-electron chi connectivity index (χ1n) is 6.12. The summed E-state index contributed by atoms with van der Waals surface area (Å²) in [7, 11) is 1.54. The maximum absolute atomic E-state index is 12.1. The van der Waals surface area contributed by atoms with E-state index in [-0.39, 0.29) is 24.2 Å². The molecule has 0 saturated heterocycles. The Morgan fingerprint density at radius 1 is 1.42 bits per heavy atom. The number of nitrogens with zero attached hydrogens (tertiary/aromatic N) is 3. The second-order valence-corrected chi connectivity index (χ2v) is 5.29. The average Bonchev–Trinajstić information content (AvgIpc) is 2.37. The first-order valence-corrected chi connectivity index (χ1v) is 6.12. The van der Waals surface area contributed by atoms with Crippen molar-refractivity contribution in [3.05, 3.63) is 39.8 Å². The van der Waals surface area contributed by atoms with Crippen molar-refractivity contribution in [2.45, 2.75) is 32.6 Å². The summed E-state index contributed by atoms with van der Waals surface area (Å²) in [6.07, 6.45) is 0.189. The van der Waals surface area contributed by atoms with Crippen LogP contribution in [-0.2, 0) is 5.41 Å². The minimum absolute atomic E-state index is 0.0356. The molecule has 0 atom stereocenters. The lowest BCUT2D eigenvalue weighted by atomic mass is 9.85. The molecule has 5 nitrogen and oxygen atoms in total. The monoisotopic (exact) mass is 261 g/mol. The van der Waals surface area contributed by atoms with Gasteiger partial charge in [-0.25, -0.2) is 0 Å². The molecule has 0 aliphatic rings. The molecular formula is C14H19N3O2. The number of hydrogen-bond donors (Lipinski definition) is 0. The lowest BCUT2D eigenvalue weighted by Gasteiger charge is -2.20. The highest BCUT2D eigenvalue weighted by Crippen LogP contribution is 2.28. The smallest absolute Gasteiger partial charge is 0.166 e. The van der Waals surface area contributed by atoms with Crippen LogP contribution in [0.25, 0.3) is 10.4 Å². The maximum atomic E-state index is 12.1. The number of methoxy groups -OCH3 is 1. The number of Topliss-reactive ketones (excluding diaryl/α,β-unsaturated/α-hetero) is 1. The number of ketones is 1. The minimum Gasteiger partial charge on any atom is -0.496 e. The number of azide groups is 1. The second kappa shape index (κ2) is 6.25. The Hall–Kier alpha value is -2.00. The summed E-state index contributed by atoms with van der Waals surface area (Å²) in [6, 6.07) is 5.63. The highest BCUT2D eigenvalue weighted by molar-refractivity contribution is 5.99. The van der Waals surface area contributed by atoms with Crippen LogP contribution in [0.4, 0.5) is 0 Å². The van der Waals surface area contributed by atoms with E-state index in [1.165, 1.54) is 7.11 Å². The molecule has 19 heavy (non-hydrogen) atoms. The Morgan fingerprint density at radius 3 is 2.63 bits per heavy atom. The zero-order chi connectivity index (χ0) is 14.5. The van der Waals surface area contributed by atoms with E-state index in [1.807, 2.05) is 12.1 Å². The lowest BCUT2D eigenvalue weighted by Crippen LogP contribution is -2.13. The van der Waals surface area contributed by atoms with Crippen LogP contribution in [-0.4, -0.2) is 19.4 Å². The fourth-order valence-electron chi connectivity index (χ4n) is 1.72. The van der Waals surface area contributed by atoms with E-state index in [0.717, 1.165) is 5.56 Å². The van der Waals surface area contributed by atoms with Crippen molar-refractivity contribution in [3.8, 4) is 5.75 Å². The summed E-state index contributed by atoms with van der Waals surface area (Å²) in [5, 5.41) is 3.38. The van der Waals surface area contributed by atoms with Gasteiger partial charge in [0.2, 0.25) is 0 Å². The predicted molar refractivity (Wildman–Crippen MR) is 74.7 cm³/mol. The Bertz CT molecular complexity index is 512. The molecule has 0 spiro atoms. The number of rotatable bonds is 5. The van der Waals surface area contributed by atoms with Crippen LogP contribution in [0.1, 0.15) is 43.1 Å². The van der Waals surface area contributed by atoms with Gasteiger partial charge in [-0.3, -0.25) is 4.79 Å². The molecule has 0 fully saturated rings. The fraction of sp³-hybridized carbons (Fsp3) is 0.500. The zero-order valence-electron chi connectivity index (χ0n) is 11.8. The van der Waals surface area contributed by atoms with Crippen LogP contribution < -0.4 is 4.74 Å². The van der Waals surface area contributed by atoms with Crippen molar-refractivity contribution in [3.63, 3.8) is 0 Å². The summed E-state index contributed by atoms with van der Waals surface area (Å²) in [5.41, 5.74) is 9.80. The zero-order valence-corrected chi connectivity index (χ0v) is 11.8. The molecule has 0 radical (unpaired) electrons. The fourth-order valence-corrected chi connectivity index (χ4v) is 1.72. The number of benzene rings is 1. The number of carbonyl (C=O) groups is 1. The molecule has 1 rings (SSSR count). The normalized spacial score (nSPS) is 10.7. The molecule has 5 heteroatoms. The maximum Gasteiger partial charge on any atom is 0.166 e. The number of ether oxygens (including phenoxy) is 1. The molecule has 1 aromatic rings. The van der Waals surface area contributed by atoms with Gasteiger partial charge in [-0.2, -0.15) is 0 Å². The third-order valence-electron chi connectivity index (χ3n) is 2.87. The summed E-state index contributed by atoms with van der Waals surface area (Å²) >= 11 is 0. The van der Waals surface area contributed by atoms with E-state index < -0.39 is 0 Å². The van der Waals surface area contributed by atoms with Gasteiger partial charge >= 0.3 is 0 Å². The number of carbonyl (C=O) groups excluding carboxylic acids is 1. The average molecular weight is 261 g/mol. The van der Waals surface area contributed by atoms with Crippen molar-refractivity contribution in [2.24, 2.45) is 5.11 Å². The van der Waals surface area contributed by atoms with Gasteiger partial charge in [0, 0.05) is 17.9 Å². The molecular weight excluding hydrogens is 242 g/mol. The SMILES string of the molecule is COc1ccc(C(C)(C)C)cc1C(=O)CCN=[N+]=[N-]. The molecule has 0 N–H and O–H groups in total. The minimum atomic E-state index is -0.0737. The molecule has 0 unspecified atom stereocenters. The Balaban J connectivity index is 3.08. The topological polar surface area (TPSA) is 75.1 Å². The Morgan fingerprint density at radius 2 is 2.11 bits per heavy atom. The van der Waals surface area contributed by atoms with Crippen molar-refractivity contribution in [1.82, 2.24) is 0 Å². The molecule has 1 aromatic carbocycles. The van der Waals surface area contributed by atoms with Gasteiger partial charge in [0.25, 0.3) is 0 Å². The van der Waals surface area contributed by atoms with E-state index in [9.17, 15) is 4.79 Å². The largest absolute Gasteiger partial charge is 0.496 e. The van der Waals surface area contributed by atoms with Crippen molar-refractivity contribution >= 4 is 5.78 Å². The number of hydrogen-bond acceptors (Lipinski definition) is 3. The summed E-state index contributed by atoms with van der Waals surface area (Å²) in [5.74, 6) is 0.481. The van der Waals surface area contributed by atoms with E-state index in [4.69, 9.17) is 10.3 Å². The highest BCUT2D eigenvalue weighted by atomic mass is 16.5. The van der Waals surface area contributed by atoms with E-state index in [2.05, 4.69) is 30.8 Å². The molecule has 0 amide bonds. The molecule has 0 aliphatic heterocycles. The Kier molecular flexibility index (Phi) is 4.95. The van der Waals surface area contributed by atoms with Crippen molar-refractivity contribution in [1.29, 1.82) is 0 Å². The van der Waals surface area contributed by atoms with Crippen LogP contribution >= 0.6 is 0 Å². The van der Waals surface area contributed by atoms with Gasteiger partial charge in [-0.05, 0) is 28.6 Å². The molecule has 0 aliphatic carbocycles. The summed E-state index contributed by atoms with van der Waals surface area (Å²) in [4.78, 5) is 14.8. The van der Waals surface area contributed by atoms with Crippen LogP contribution in [0.2, 0.25) is 0 Å². The first kappa shape index (κ1) is 15.1. The molecule has 0 bridgehead atoms.